The predicted octanol–water partition coefficient (Wildman–Crippen LogP) is 2.24. The second kappa shape index (κ2) is 4.97. The Kier molecular flexibility index (Phi) is 4.09. The average Bonchev–Trinajstić information content (AvgIpc) is 2.60. The maximum Gasteiger partial charge on any atom is 0.318 e. The molecule has 2 N–H and O–H groups in total. The molecule has 4 nitrogen and oxygen atoms in total. The molecule has 6 heteroatoms. The third-order valence-electron chi connectivity index (χ3n) is 2.15. The number of carboxylic acid groups (broad SMARTS) is 1. The number of rotatable bonds is 4. The van der Waals surface area contributed by atoms with Gasteiger partial charge in [0.2, 0.25) is 5.91 Å². The van der Waals surface area contributed by atoms with E-state index in [0.717, 1.165) is 8.66 Å². The zero-order valence-electron chi connectivity index (χ0n) is 8.91. The van der Waals surface area contributed by atoms with E-state index < -0.39 is 17.3 Å². The molecule has 1 heterocycles. The minimum atomic E-state index is -1.39. The Labute approximate surface area is 106 Å². The van der Waals surface area contributed by atoms with E-state index in [1.54, 1.807) is 0 Å². The first-order valence-corrected chi connectivity index (χ1v) is 6.21. The summed E-state index contributed by atoms with van der Waals surface area (Å²) in [5.74, 6) is -1.61. The van der Waals surface area contributed by atoms with Crippen molar-refractivity contribution in [3.63, 3.8) is 0 Å². The van der Waals surface area contributed by atoms with Gasteiger partial charge in [0.25, 0.3) is 0 Å². The van der Waals surface area contributed by atoms with Gasteiger partial charge in [0, 0.05) is 4.88 Å². The minimum absolute atomic E-state index is 0.353. The smallest absolute Gasteiger partial charge is 0.318 e. The van der Waals surface area contributed by atoms with Gasteiger partial charge in [-0.3, -0.25) is 9.59 Å². The Morgan fingerprint density at radius 3 is 2.56 bits per heavy atom. The van der Waals surface area contributed by atoms with Gasteiger partial charge in [-0.1, -0.05) is 0 Å². The molecule has 88 valence electrons. The fourth-order valence-corrected chi connectivity index (χ4v) is 2.36. The van der Waals surface area contributed by atoms with E-state index in [2.05, 4.69) is 21.2 Å². The van der Waals surface area contributed by atoms with Crippen molar-refractivity contribution in [2.45, 2.75) is 20.4 Å². The van der Waals surface area contributed by atoms with Crippen molar-refractivity contribution in [1.82, 2.24) is 5.32 Å². The van der Waals surface area contributed by atoms with Gasteiger partial charge in [0.15, 0.2) is 0 Å². The Balaban J connectivity index is 2.56. The highest BCUT2D eigenvalue weighted by Gasteiger charge is 2.35. The molecule has 0 saturated heterocycles. The van der Waals surface area contributed by atoms with Gasteiger partial charge in [-0.05, 0) is 41.9 Å². The molecule has 1 rings (SSSR count). The number of aliphatic carboxylic acids is 1. The number of hydrogen-bond acceptors (Lipinski definition) is 3. The van der Waals surface area contributed by atoms with Crippen molar-refractivity contribution in [1.29, 1.82) is 0 Å². The van der Waals surface area contributed by atoms with Crippen molar-refractivity contribution in [2.24, 2.45) is 5.41 Å². The summed E-state index contributed by atoms with van der Waals surface area (Å²) in [7, 11) is 0. The van der Waals surface area contributed by atoms with E-state index in [-0.39, 0.29) is 0 Å². The summed E-state index contributed by atoms with van der Waals surface area (Å²) < 4.78 is 0.981. The van der Waals surface area contributed by atoms with Crippen LogP contribution in [0.3, 0.4) is 0 Å². The Morgan fingerprint density at radius 2 is 2.12 bits per heavy atom. The molecule has 0 saturated carbocycles. The fraction of sp³-hybridized carbons (Fsp3) is 0.400. The maximum atomic E-state index is 11.6. The van der Waals surface area contributed by atoms with E-state index in [0.29, 0.717) is 6.54 Å². The molecule has 0 bridgehead atoms. The van der Waals surface area contributed by atoms with Crippen LogP contribution in [0.15, 0.2) is 15.9 Å². The monoisotopic (exact) mass is 305 g/mol. The molecule has 0 atom stereocenters. The van der Waals surface area contributed by atoms with Gasteiger partial charge >= 0.3 is 5.97 Å². The van der Waals surface area contributed by atoms with E-state index in [4.69, 9.17) is 5.11 Å². The Hall–Kier alpha value is -0.880. The number of carbonyl (C=O) groups is 2. The van der Waals surface area contributed by atoms with Crippen LogP contribution >= 0.6 is 27.3 Å². The molecule has 0 aliphatic heterocycles. The van der Waals surface area contributed by atoms with E-state index >= 15 is 0 Å². The van der Waals surface area contributed by atoms with Crippen molar-refractivity contribution in [3.8, 4) is 0 Å². The summed E-state index contributed by atoms with van der Waals surface area (Å²) in [6.07, 6.45) is 0. The number of nitrogens with one attached hydrogen (secondary N) is 1. The second-order valence-corrected chi connectivity index (χ2v) is 6.37. The van der Waals surface area contributed by atoms with Crippen molar-refractivity contribution in [3.05, 3.63) is 20.8 Å². The zero-order chi connectivity index (χ0) is 12.3. The molecule has 0 aliphatic rings. The fourth-order valence-electron chi connectivity index (χ4n) is 0.932. The molecule has 0 spiro atoms. The summed E-state index contributed by atoms with van der Waals surface area (Å²) in [5, 5.41) is 11.5. The number of hydrogen-bond donors (Lipinski definition) is 2. The quantitative estimate of drug-likeness (QED) is 0.838. The molecule has 0 aromatic carbocycles. The molecular weight excluding hydrogens is 294 g/mol. The molecule has 1 amide bonds. The summed E-state index contributed by atoms with van der Waals surface area (Å²) in [6, 6.07) is 3.76. The number of thiophene rings is 1. The van der Waals surface area contributed by atoms with Gasteiger partial charge in [-0.25, -0.2) is 0 Å². The first kappa shape index (κ1) is 13.2. The lowest BCUT2D eigenvalue weighted by molar-refractivity contribution is -0.153. The van der Waals surface area contributed by atoms with Crippen molar-refractivity contribution >= 4 is 39.1 Å². The van der Waals surface area contributed by atoms with Crippen LogP contribution in [0.1, 0.15) is 18.7 Å². The maximum absolute atomic E-state index is 11.6. The van der Waals surface area contributed by atoms with Crippen LogP contribution in [0, 0.1) is 5.41 Å². The highest BCUT2D eigenvalue weighted by atomic mass is 79.9. The lowest BCUT2D eigenvalue weighted by atomic mass is 9.93. The molecule has 0 radical (unpaired) electrons. The molecule has 0 aliphatic carbocycles. The SMILES string of the molecule is CC(C)(C(=O)O)C(=O)NCc1ccc(Br)s1. The Morgan fingerprint density at radius 1 is 1.50 bits per heavy atom. The summed E-state index contributed by atoms with van der Waals surface area (Å²) in [5.41, 5.74) is -1.39. The van der Waals surface area contributed by atoms with Crippen molar-refractivity contribution in [2.75, 3.05) is 0 Å². The standard InChI is InChI=1S/C10H12BrNO3S/c1-10(2,9(14)15)8(13)12-5-6-3-4-7(11)16-6/h3-4H,5H2,1-2H3,(H,12,13)(H,14,15). The molecule has 0 fully saturated rings. The number of halogens is 1. The van der Waals surface area contributed by atoms with Crippen LogP contribution in [0.25, 0.3) is 0 Å². The lowest BCUT2D eigenvalue weighted by Gasteiger charge is -2.17. The van der Waals surface area contributed by atoms with Gasteiger partial charge in [-0.15, -0.1) is 11.3 Å². The number of carboxylic acids is 1. The highest BCUT2D eigenvalue weighted by molar-refractivity contribution is 9.11. The van der Waals surface area contributed by atoms with Gasteiger partial charge in [0.1, 0.15) is 5.41 Å². The largest absolute Gasteiger partial charge is 0.480 e. The first-order chi connectivity index (χ1) is 7.34. The van der Waals surface area contributed by atoms with Crippen LogP contribution < -0.4 is 5.32 Å². The van der Waals surface area contributed by atoms with Crippen LogP contribution in [-0.2, 0) is 16.1 Å². The number of amides is 1. The van der Waals surface area contributed by atoms with Gasteiger partial charge in [-0.2, -0.15) is 0 Å². The highest BCUT2D eigenvalue weighted by Crippen LogP contribution is 2.22. The number of carbonyl (C=O) groups excluding carboxylic acids is 1. The van der Waals surface area contributed by atoms with Gasteiger partial charge < -0.3 is 10.4 Å². The molecule has 1 aromatic heterocycles. The average molecular weight is 306 g/mol. The third-order valence-corrected chi connectivity index (χ3v) is 3.78. The summed E-state index contributed by atoms with van der Waals surface area (Å²) in [4.78, 5) is 23.4. The van der Waals surface area contributed by atoms with Crippen LogP contribution in [-0.4, -0.2) is 17.0 Å². The van der Waals surface area contributed by atoms with E-state index in [1.165, 1.54) is 25.2 Å². The second-order valence-electron chi connectivity index (χ2n) is 3.82. The van der Waals surface area contributed by atoms with Crippen molar-refractivity contribution < 1.29 is 14.7 Å². The normalized spacial score (nSPS) is 11.2. The molecule has 0 unspecified atom stereocenters. The van der Waals surface area contributed by atoms with Crippen LogP contribution in [0.5, 0.6) is 0 Å². The Bertz CT molecular complexity index is 414. The van der Waals surface area contributed by atoms with Crippen LogP contribution in [0.2, 0.25) is 0 Å². The molecular formula is C10H12BrNO3S. The topological polar surface area (TPSA) is 66.4 Å². The van der Waals surface area contributed by atoms with Crippen LogP contribution in [0.4, 0.5) is 0 Å². The minimum Gasteiger partial charge on any atom is -0.480 e. The predicted molar refractivity (Wildman–Crippen MR) is 65.3 cm³/mol. The summed E-state index contributed by atoms with van der Waals surface area (Å²) in [6.45, 7) is 3.12. The first-order valence-electron chi connectivity index (χ1n) is 4.60. The van der Waals surface area contributed by atoms with E-state index in [9.17, 15) is 9.59 Å². The molecule has 16 heavy (non-hydrogen) atoms. The van der Waals surface area contributed by atoms with Gasteiger partial charge in [0.05, 0.1) is 10.3 Å². The molecule has 1 aromatic rings. The van der Waals surface area contributed by atoms with E-state index in [1.807, 2.05) is 12.1 Å². The zero-order valence-corrected chi connectivity index (χ0v) is 11.3. The summed E-state index contributed by atoms with van der Waals surface area (Å²) >= 11 is 4.82. The third kappa shape index (κ3) is 3.05. The lowest BCUT2D eigenvalue weighted by Crippen LogP contribution is -2.41.